The van der Waals surface area contributed by atoms with E-state index in [1.165, 1.54) is 7.11 Å². The highest BCUT2D eigenvalue weighted by molar-refractivity contribution is 6.43. The Morgan fingerprint density at radius 2 is 2.05 bits per heavy atom. The van der Waals surface area contributed by atoms with Gasteiger partial charge in [0.15, 0.2) is 0 Å². The van der Waals surface area contributed by atoms with E-state index < -0.39 is 5.97 Å². The maximum Gasteiger partial charge on any atom is 0.337 e. The number of fused-ring (bicyclic) bond motifs is 1. The summed E-state index contributed by atoms with van der Waals surface area (Å²) in [5.74, 6) is 0.202. The molecule has 0 bridgehead atoms. The van der Waals surface area contributed by atoms with Gasteiger partial charge in [-0.25, -0.2) is 9.78 Å². The van der Waals surface area contributed by atoms with E-state index >= 15 is 0 Å². The molecule has 0 aliphatic rings. The number of esters is 1. The van der Waals surface area contributed by atoms with Gasteiger partial charge in [0.2, 0.25) is 0 Å². The van der Waals surface area contributed by atoms with Crippen molar-refractivity contribution < 1.29 is 9.53 Å². The molecule has 0 aliphatic carbocycles. The predicted octanol–water partition coefficient (Wildman–Crippen LogP) is 4.32. The van der Waals surface area contributed by atoms with Gasteiger partial charge in [0, 0.05) is 5.56 Å². The summed E-state index contributed by atoms with van der Waals surface area (Å²) in [6.45, 7) is 0. The largest absolute Gasteiger partial charge is 0.465 e. The molecule has 0 spiro atoms. The summed E-state index contributed by atoms with van der Waals surface area (Å²) >= 11 is 12.2. The van der Waals surface area contributed by atoms with Crippen LogP contribution in [0.1, 0.15) is 10.4 Å². The summed E-state index contributed by atoms with van der Waals surface area (Å²) in [4.78, 5) is 19.1. The van der Waals surface area contributed by atoms with Gasteiger partial charge < -0.3 is 9.72 Å². The molecule has 0 radical (unpaired) electrons. The van der Waals surface area contributed by atoms with Crippen LogP contribution in [0.3, 0.4) is 0 Å². The second-order valence-electron chi connectivity index (χ2n) is 4.41. The summed E-state index contributed by atoms with van der Waals surface area (Å²) in [6.07, 6.45) is 0. The molecule has 21 heavy (non-hydrogen) atoms. The van der Waals surface area contributed by atoms with Gasteiger partial charge in [-0.15, -0.1) is 0 Å². The van der Waals surface area contributed by atoms with E-state index in [0.717, 1.165) is 11.0 Å². The highest BCUT2D eigenvalue weighted by Crippen LogP contribution is 2.32. The molecule has 1 N–H and O–H groups in total. The Morgan fingerprint density at radius 1 is 1.24 bits per heavy atom. The monoisotopic (exact) mass is 320 g/mol. The molecule has 0 aliphatic heterocycles. The first-order valence-electron chi connectivity index (χ1n) is 6.12. The van der Waals surface area contributed by atoms with Crippen molar-refractivity contribution in [3.8, 4) is 11.4 Å². The number of aromatic amines is 1. The highest BCUT2D eigenvalue weighted by Gasteiger charge is 2.13. The third kappa shape index (κ3) is 2.48. The molecule has 2 aromatic carbocycles. The zero-order chi connectivity index (χ0) is 15.0. The fourth-order valence-electron chi connectivity index (χ4n) is 2.07. The normalized spacial score (nSPS) is 10.8. The highest BCUT2D eigenvalue weighted by atomic mass is 35.5. The van der Waals surface area contributed by atoms with Gasteiger partial charge in [-0.3, -0.25) is 0 Å². The van der Waals surface area contributed by atoms with E-state index in [0.29, 0.717) is 27.0 Å². The van der Waals surface area contributed by atoms with Crippen molar-refractivity contribution in [3.63, 3.8) is 0 Å². The molecule has 0 saturated heterocycles. The molecule has 3 aromatic rings. The van der Waals surface area contributed by atoms with E-state index in [-0.39, 0.29) is 0 Å². The van der Waals surface area contributed by atoms with Crippen LogP contribution in [0.25, 0.3) is 22.4 Å². The predicted molar refractivity (Wildman–Crippen MR) is 82.9 cm³/mol. The minimum Gasteiger partial charge on any atom is -0.465 e. The van der Waals surface area contributed by atoms with Crippen molar-refractivity contribution in [1.29, 1.82) is 0 Å². The van der Waals surface area contributed by atoms with Crippen LogP contribution in [0.5, 0.6) is 0 Å². The number of rotatable bonds is 2. The Kier molecular flexibility index (Phi) is 3.57. The average molecular weight is 321 g/mol. The molecule has 1 heterocycles. The number of halogens is 2. The van der Waals surface area contributed by atoms with Crippen molar-refractivity contribution in [2.45, 2.75) is 0 Å². The molecular weight excluding hydrogens is 311 g/mol. The van der Waals surface area contributed by atoms with E-state index in [1.54, 1.807) is 30.3 Å². The smallest absolute Gasteiger partial charge is 0.337 e. The quantitative estimate of drug-likeness (QED) is 0.715. The molecule has 1 aromatic heterocycles. The molecule has 3 rings (SSSR count). The Labute approximate surface area is 130 Å². The average Bonchev–Trinajstić information content (AvgIpc) is 2.91. The van der Waals surface area contributed by atoms with Crippen molar-refractivity contribution in [3.05, 3.63) is 52.0 Å². The van der Waals surface area contributed by atoms with Gasteiger partial charge in [0.1, 0.15) is 5.82 Å². The van der Waals surface area contributed by atoms with Gasteiger partial charge in [-0.05, 0) is 30.3 Å². The number of carbonyl (C=O) groups excluding carboxylic acids is 1. The number of carbonyl (C=O) groups is 1. The van der Waals surface area contributed by atoms with Gasteiger partial charge in [-0.2, -0.15) is 0 Å². The van der Waals surface area contributed by atoms with Crippen LogP contribution in [0.15, 0.2) is 36.4 Å². The number of nitrogens with zero attached hydrogens (tertiary/aromatic N) is 1. The van der Waals surface area contributed by atoms with Gasteiger partial charge in [-0.1, -0.05) is 29.3 Å². The van der Waals surface area contributed by atoms with E-state index in [9.17, 15) is 4.79 Å². The molecule has 6 heteroatoms. The first-order valence-corrected chi connectivity index (χ1v) is 6.88. The van der Waals surface area contributed by atoms with E-state index in [4.69, 9.17) is 27.9 Å². The van der Waals surface area contributed by atoms with Crippen molar-refractivity contribution in [1.82, 2.24) is 9.97 Å². The molecular formula is C15H10Cl2N2O2. The molecule has 0 amide bonds. The third-order valence-corrected chi connectivity index (χ3v) is 3.93. The van der Waals surface area contributed by atoms with Crippen LogP contribution in [-0.2, 0) is 4.74 Å². The lowest BCUT2D eigenvalue weighted by Gasteiger charge is -2.01. The van der Waals surface area contributed by atoms with Crippen LogP contribution < -0.4 is 0 Å². The zero-order valence-corrected chi connectivity index (χ0v) is 12.5. The Balaban J connectivity index is 2.13. The number of benzene rings is 2. The van der Waals surface area contributed by atoms with Crippen LogP contribution in [0.4, 0.5) is 0 Å². The van der Waals surface area contributed by atoms with Crippen LogP contribution in [0, 0.1) is 0 Å². The molecule has 0 fully saturated rings. The number of hydrogen-bond acceptors (Lipinski definition) is 3. The van der Waals surface area contributed by atoms with Crippen LogP contribution in [0.2, 0.25) is 10.0 Å². The Bertz CT molecular complexity index is 843. The first kappa shape index (κ1) is 13.9. The number of aromatic nitrogens is 2. The lowest BCUT2D eigenvalue weighted by molar-refractivity contribution is 0.0601. The molecule has 0 saturated carbocycles. The second kappa shape index (κ2) is 5.39. The molecule has 0 atom stereocenters. The number of ether oxygens (including phenoxy) is 1. The molecule has 0 unspecified atom stereocenters. The zero-order valence-electron chi connectivity index (χ0n) is 11.0. The molecule has 106 valence electrons. The van der Waals surface area contributed by atoms with Crippen molar-refractivity contribution in [2.75, 3.05) is 7.11 Å². The Hall–Kier alpha value is -2.04. The van der Waals surface area contributed by atoms with Crippen molar-refractivity contribution in [2.24, 2.45) is 0 Å². The summed E-state index contributed by atoms with van der Waals surface area (Å²) in [5, 5.41) is 0.899. The number of H-pyrrole nitrogens is 1. The minimum atomic E-state index is -0.395. The van der Waals surface area contributed by atoms with Gasteiger partial charge in [0.25, 0.3) is 0 Å². The standard InChI is InChI=1S/C15H10Cl2N2O2/c1-21-15(20)8-5-6-11-12(7-8)19-14(18-11)9-3-2-4-10(16)13(9)17/h2-7H,1H3,(H,18,19). The van der Waals surface area contributed by atoms with E-state index in [1.807, 2.05) is 6.07 Å². The lowest BCUT2D eigenvalue weighted by atomic mass is 10.2. The van der Waals surface area contributed by atoms with Gasteiger partial charge in [0.05, 0.1) is 33.8 Å². The topological polar surface area (TPSA) is 55.0 Å². The lowest BCUT2D eigenvalue weighted by Crippen LogP contribution is -2.00. The fourth-order valence-corrected chi connectivity index (χ4v) is 2.46. The third-order valence-electron chi connectivity index (χ3n) is 3.11. The summed E-state index contributed by atoms with van der Waals surface area (Å²) in [7, 11) is 1.34. The Morgan fingerprint density at radius 3 is 2.81 bits per heavy atom. The summed E-state index contributed by atoms with van der Waals surface area (Å²) < 4.78 is 4.70. The van der Waals surface area contributed by atoms with Crippen LogP contribution in [-0.4, -0.2) is 23.0 Å². The maximum atomic E-state index is 11.5. The van der Waals surface area contributed by atoms with Crippen LogP contribution >= 0.6 is 23.2 Å². The number of nitrogens with one attached hydrogen (secondary N) is 1. The number of methoxy groups -OCH3 is 1. The van der Waals surface area contributed by atoms with Gasteiger partial charge >= 0.3 is 5.97 Å². The molecule has 4 nitrogen and oxygen atoms in total. The number of hydrogen-bond donors (Lipinski definition) is 1. The summed E-state index contributed by atoms with van der Waals surface area (Å²) in [6, 6.07) is 10.4. The summed E-state index contributed by atoms with van der Waals surface area (Å²) in [5.41, 5.74) is 2.62. The first-order chi connectivity index (χ1) is 10.1. The fraction of sp³-hybridized carbons (Fsp3) is 0.0667. The minimum absolute atomic E-state index is 0.395. The SMILES string of the molecule is COC(=O)c1ccc2nc(-c3cccc(Cl)c3Cl)[nH]c2c1. The van der Waals surface area contributed by atoms with E-state index in [2.05, 4.69) is 9.97 Å². The van der Waals surface area contributed by atoms with Crippen molar-refractivity contribution >= 4 is 40.2 Å². The second-order valence-corrected chi connectivity index (χ2v) is 5.20. The maximum absolute atomic E-state index is 11.5. The number of imidazole rings is 1.